The summed E-state index contributed by atoms with van der Waals surface area (Å²) in [7, 11) is 0. The van der Waals surface area contributed by atoms with E-state index in [1.807, 2.05) is 0 Å². The van der Waals surface area contributed by atoms with Crippen molar-refractivity contribution in [2.24, 2.45) is 27.4 Å². The Hall–Kier alpha value is -3.00. The lowest BCUT2D eigenvalue weighted by molar-refractivity contribution is -0.170. The van der Waals surface area contributed by atoms with Crippen LogP contribution in [0.5, 0.6) is 0 Å². The number of aliphatic hydroxyl groups is 1. The molecule has 0 bridgehead atoms. The quantitative estimate of drug-likeness (QED) is 0.463. The normalized spacial score (nSPS) is 33.1. The highest BCUT2D eigenvalue weighted by Crippen LogP contribution is 2.48. The Morgan fingerprint density at radius 2 is 2.07 bits per heavy atom. The average molecular weight is 432 g/mol. The highest BCUT2D eigenvalue weighted by atomic mass is 19.4. The van der Waals surface area contributed by atoms with E-state index < -0.39 is 60.0 Å². The topological polar surface area (TPSA) is 163 Å². The minimum atomic E-state index is -4.74. The van der Waals surface area contributed by atoms with Gasteiger partial charge in [-0.3, -0.25) is 5.21 Å². The molecule has 0 radical (unpaired) electrons. The summed E-state index contributed by atoms with van der Waals surface area (Å²) in [6.45, 7) is 1.18. The number of ether oxygens (including phenoxy) is 1. The van der Waals surface area contributed by atoms with Crippen LogP contribution in [0.2, 0.25) is 0 Å². The average Bonchev–Trinajstić information content (AvgIpc) is 3.34. The van der Waals surface area contributed by atoms with Crippen LogP contribution in [0.15, 0.2) is 26.5 Å². The molecule has 0 amide bonds. The fraction of sp³-hybridized carbons (Fsp3) is 0.562. The summed E-state index contributed by atoms with van der Waals surface area (Å²) >= 11 is 0. The second kappa shape index (κ2) is 6.50. The van der Waals surface area contributed by atoms with Gasteiger partial charge in [-0.15, -0.1) is 0 Å². The first-order chi connectivity index (χ1) is 14.0. The Morgan fingerprint density at radius 1 is 1.37 bits per heavy atom. The van der Waals surface area contributed by atoms with E-state index in [1.165, 1.54) is 4.90 Å². The third-order valence-corrected chi connectivity index (χ3v) is 5.76. The smallest absolute Gasteiger partial charge is 0.449 e. The Labute approximate surface area is 167 Å². The van der Waals surface area contributed by atoms with Crippen molar-refractivity contribution in [3.8, 4) is 0 Å². The van der Waals surface area contributed by atoms with Crippen molar-refractivity contribution in [1.29, 1.82) is 0 Å². The van der Waals surface area contributed by atoms with Crippen molar-refractivity contribution in [3.05, 3.63) is 23.7 Å². The number of aliphatic hydroxyl groups excluding tert-OH is 1. The first-order valence-corrected chi connectivity index (χ1v) is 8.94. The number of carbonyl (C=O) groups is 1. The SMILES string of the molecule is CC1[C@@H](OC(=O)c2ccc(C(F)(F)F)o2)CN2C(N)=N[C@@H](CO)C3N=C(N)N(O)C312. The van der Waals surface area contributed by atoms with Gasteiger partial charge in [-0.25, -0.2) is 14.8 Å². The molecule has 11 nitrogen and oxygen atoms in total. The number of hydrogen-bond acceptors (Lipinski definition) is 11. The van der Waals surface area contributed by atoms with E-state index in [0.717, 1.165) is 6.07 Å². The predicted molar refractivity (Wildman–Crippen MR) is 93.0 cm³/mol. The van der Waals surface area contributed by atoms with Crippen molar-refractivity contribution < 1.29 is 37.4 Å². The highest BCUT2D eigenvalue weighted by Gasteiger charge is 2.68. The van der Waals surface area contributed by atoms with Crippen LogP contribution in [0.25, 0.3) is 0 Å². The zero-order chi connectivity index (χ0) is 22.0. The van der Waals surface area contributed by atoms with E-state index in [0.29, 0.717) is 11.1 Å². The van der Waals surface area contributed by atoms with E-state index >= 15 is 0 Å². The summed E-state index contributed by atoms with van der Waals surface area (Å²) in [6, 6.07) is -0.122. The van der Waals surface area contributed by atoms with Crippen molar-refractivity contribution in [2.75, 3.05) is 13.2 Å². The Bertz CT molecular complexity index is 933. The molecule has 5 atom stereocenters. The minimum Gasteiger partial charge on any atom is -0.454 e. The van der Waals surface area contributed by atoms with Gasteiger partial charge in [0.2, 0.25) is 17.5 Å². The number of hydrogen-bond donors (Lipinski definition) is 4. The van der Waals surface area contributed by atoms with Crippen molar-refractivity contribution in [2.45, 2.75) is 37.0 Å². The summed E-state index contributed by atoms with van der Waals surface area (Å²) in [4.78, 5) is 22.2. The maximum absolute atomic E-state index is 12.7. The van der Waals surface area contributed by atoms with Gasteiger partial charge in [0.1, 0.15) is 18.2 Å². The van der Waals surface area contributed by atoms with Crippen LogP contribution in [-0.4, -0.2) is 75.2 Å². The summed E-state index contributed by atoms with van der Waals surface area (Å²) in [5.41, 5.74) is 10.4. The van der Waals surface area contributed by atoms with Crippen LogP contribution in [0.4, 0.5) is 13.2 Å². The van der Waals surface area contributed by atoms with Crippen LogP contribution >= 0.6 is 0 Å². The molecule has 0 aromatic carbocycles. The summed E-state index contributed by atoms with van der Waals surface area (Å²) in [6.07, 6.45) is -5.67. The second-order valence-corrected chi connectivity index (χ2v) is 7.27. The maximum Gasteiger partial charge on any atom is 0.449 e. The van der Waals surface area contributed by atoms with E-state index in [-0.39, 0.29) is 18.5 Å². The van der Waals surface area contributed by atoms with Gasteiger partial charge < -0.3 is 30.6 Å². The number of halogens is 3. The van der Waals surface area contributed by atoms with Crippen molar-refractivity contribution >= 4 is 17.9 Å². The molecule has 3 unspecified atom stereocenters. The third-order valence-electron chi connectivity index (χ3n) is 5.76. The Kier molecular flexibility index (Phi) is 4.39. The van der Waals surface area contributed by atoms with E-state index in [2.05, 4.69) is 14.4 Å². The van der Waals surface area contributed by atoms with Crippen LogP contribution in [-0.2, 0) is 10.9 Å². The van der Waals surface area contributed by atoms with Gasteiger partial charge in [0.15, 0.2) is 11.6 Å². The number of aliphatic imine (C=N–C) groups is 2. The maximum atomic E-state index is 12.7. The number of esters is 1. The van der Waals surface area contributed by atoms with Crippen LogP contribution in [0.3, 0.4) is 0 Å². The summed E-state index contributed by atoms with van der Waals surface area (Å²) in [5, 5.41) is 21.1. The van der Waals surface area contributed by atoms with Gasteiger partial charge in [0.05, 0.1) is 13.2 Å². The van der Waals surface area contributed by atoms with Crippen molar-refractivity contribution in [1.82, 2.24) is 9.96 Å². The largest absolute Gasteiger partial charge is 0.454 e. The van der Waals surface area contributed by atoms with Gasteiger partial charge in [0.25, 0.3) is 0 Å². The Morgan fingerprint density at radius 3 is 2.67 bits per heavy atom. The molecule has 0 saturated carbocycles. The van der Waals surface area contributed by atoms with E-state index in [9.17, 15) is 28.3 Å². The first kappa shape index (κ1) is 20.3. The van der Waals surface area contributed by atoms with E-state index in [4.69, 9.17) is 16.2 Å². The number of rotatable bonds is 3. The molecule has 14 heteroatoms. The first-order valence-electron chi connectivity index (χ1n) is 8.94. The van der Waals surface area contributed by atoms with Gasteiger partial charge in [-0.1, -0.05) is 6.92 Å². The molecular formula is C16H19F3N6O5. The van der Waals surface area contributed by atoms with Gasteiger partial charge in [-0.2, -0.15) is 18.2 Å². The zero-order valence-corrected chi connectivity index (χ0v) is 15.6. The monoisotopic (exact) mass is 432 g/mol. The van der Waals surface area contributed by atoms with Gasteiger partial charge in [0, 0.05) is 5.92 Å². The molecule has 164 valence electrons. The van der Waals surface area contributed by atoms with Crippen LogP contribution in [0, 0.1) is 5.92 Å². The number of carbonyl (C=O) groups excluding carboxylic acids is 1. The summed E-state index contributed by atoms with van der Waals surface area (Å²) < 4.78 is 48.1. The lowest BCUT2D eigenvalue weighted by Gasteiger charge is -2.48. The molecule has 30 heavy (non-hydrogen) atoms. The molecule has 1 aromatic heterocycles. The minimum absolute atomic E-state index is 0.0306. The molecule has 6 N–H and O–H groups in total. The Balaban J connectivity index is 1.62. The lowest BCUT2D eigenvalue weighted by Crippen LogP contribution is -2.71. The number of nitrogens with zero attached hydrogens (tertiary/aromatic N) is 4. The molecule has 4 heterocycles. The third kappa shape index (κ3) is 2.63. The molecular weight excluding hydrogens is 413 g/mol. The molecule has 1 saturated heterocycles. The fourth-order valence-corrected chi connectivity index (χ4v) is 4.37. The molecule has 3 aliphatic heterocycles. The molecule has 0 aliphatic carbocycles. The molecule has 3 aliphatic rings. The number of hydroxylamine groups is 2. The van der Waals surface area contributed by atoms with Crippen LogP contribution in [0.1, 0.15) is 23.2 Å². The second-order valence-electron chi connectivity index (χ2n) is 7.27. The highest BCUT2D eigenvalue weighted by molar-refractivity contribution is 5.88. The standard InChI is InChI=1S/C16H19F3N6O5/c1-6-9(30-12(27)8-2-3-10(29-8)16(17,18)19)4-24-13(20)22-7(5-26)11-15(6,24)25(28)14(21)23-11/h2-3,6-7,9,11,26,28H,4-5H2,1H3,(H2,20,22)(H2,21,23)/t6?,7-,9-,11?,15?/m0/s1. The molecule has 1 aromatic rings. The molecule has 1 spiro atoms. The fourth-order valence-electron chi connectivity index (χ4n) is 4.37. The van der Waals surface area contributed by atoms with Gasteiger partial charge >= 0.3 is 12.1 Å². The zero-order valence-electron chi connectivity index (χ0n) is 15.6. The number of alkyl halides is 3. The van der Waals surface area contributed by atoms with Crippen molar-refractivity contribution in [3.63, 3.8) is 0 Å². The molecule has 1 fully saturated rings. The number of furan rings is 1. The van der Waals surface area contributed by atoms with Gasteiger partial charge in [-0.05, 0) is 12.1 Å². The number of nitrogens with two attached hydrogens (primary N) is 2. The molecule has 4 rings (SSSR count). The van der Waals surface area contributed by atoms with Crippen LogP contribution < -0.4 is 11.5 Å². The number of guanidine groups is 2. The lowest BCUT2D eigenvalue weighted by atomic mass is 9.83. The van der Waals surface area contributed by atoms with E-state index in [1.54, 1.807) is 6.92 Å². The summed E-state index contributed by atoms with van der Waals surface area (Å²) in [5.74, 6) is -4.00. The predicted octanol–water partition coefficient (Wildman–Crippen LogP) is -0.451.